The maximum absolute atomic E-state index is 13.3. The maximum Gasteiger partial charge on any atom is 0.633 e. The van der Waals surface area contributed by atoms with E-state index in [1.165, 1.54) is 0 Å². The van der Waals surface area contributed by atoms with Gasteiger partial charge in [-0.25, -0.2) is 4.79 Å². The van der Waals surface area contributed by atoms with Gasteiger partial charge in [-0.05, 0) is 65.6 Å². The number of nitrogens with zero attached hydrogens (tertiary/aromatic N) is 1. The monoisotopic (exact) mass is 589 g/mol. The molecule has 0 bridgehead atoms. The second kappa shape index (κ2) is 11.6. The van der Waals surface area contributed by atoms with E-state index in [-0.39, 0.29) is 0 Å². The fourth-order valence-corrected chi connectivity index (χ4v) is 5.87. The third kappa shape index (κ3) is 5.67. The van der Waals surface area contributed by atoms with E-state index in [9.17, 15) is 4.79 Å². The van der Waals surface area contributed by atoms with Crippen LogP contribution < -0.4 is 14.8 Å². The number of rotatable bonds is 5. The highest BCUT2D eigenvalue weighted by molar-refractivity contribution is 6.64. The lowest BCUT2D eigenvalue weighted by Crippen LogP contribution is -2.44. The minimum atomic E-state index is -0.825. The molecule has 1 atom stereocenters. The number of esters is 1. The van der Waals surface area contributed by atoms with Crippen molar-refractivity contribution in [3.63, 3.8) is 0 Å². The van der Waals surface area contributed by atoms with Gasteiger partial charge >= 0.3 is 13.1 Å². The molecular formula is C39H32BNO4. The second-order valence-corrected chi connectivity index (χ2v) is 12.1. The van der Waals surface area contributed by atoms with E-state index < -0.39 is 24.7 Å². The van der Waals surface area contributed by atoms with Gasteiger partial charge in [-0.1, -0.05) is 115 Å². The van der Waals surface area contributed by atoms with Crippen LogP contribution in [0.2, 0.25) is 0 Å². The summed E-state index contributed by atoms with van der Waals surface area (Å²) in [5.74, 6) is 1.05. The van der Waals surface area contributed by atoms with Crippen molar-refractivity contribution in [2.75, 3.05) is 0 Å². The average Bonchev–Trinajstić information content (AvgIpc) is 3.22. The molecule has 0 saturated heterocycles. The van der Waals surface area contributed by atoms with E-state index in [0.29, 0.717) is 0 Å². The van der Waals surface area contributed by atoms with Gasteiger partial charge in [-0.15, -0.1) is 0 Å². The molecule has 0 radical (unpaired) electrons. The molecule has 6 heteroatoms. The molecule has 0 unspecified atom stereocenters. The highest BCUT2D eigenvalue weighted by Gasteiger charge is 2.35. The van der Waals surface area contributed by atoms with E-state index in [0.717, 1.165) is 60.8 Å². The number of carbonyl (C=O) groups excluding carboxylic acids is 1. The first-order valence-corrected chi connectivity index (χ1v) is 15.1. The van der Waals surface area contributed by atoms with Gasteiger partial charge in [0.2, 0.25) is 0 Å². The number of hydrogen-bond acceptors (Lipinski definition) is 5. The summed E-state index contributed by atoms with van der Waals surface area (Å²) in [5.41, 5.74) is 3.68. The molecule has 0 aromatic heterocycles. The van der Waals surface area contributed by atoms with Crippen LogP contribution in [0.25, 0.3) is 32.7 Å². The van der Waals surface area contributed by atoms with Gasteiger partial charge < -0.3 is 14.0 Å². The average molecular weight is 590 g/mol. The third-order valence-corrected chi connectivity index (χ3v) is 7.86. The first-order valence-electron chi connectivity index (χ1n) is 15.1. The van der Waals surface area contributed by atoms with Gasteiger partial charge in [-0.3, -0.25) is 4.99 Å². The summed E-state index contributed by atoms with van der Waals surface area (Å²) < 4.78 is 19.3. The summed E-state index contributed by atoms with van der Waals surface area (Å²) in [6.45, 7) is 5.57. The number of ether oxygens (including phenoxy) is 1. The second-order valence-electron chi connectivity index (χ2n) is 12.1. The Balaban J connectivity index is 1.34. The highest BCUT2D eigenvalue weighted by atomic mass is 16.6. The standard InChI is InChI=1S/C39H32BNO4/c1-39(2,3)43-38(42)37(28-15-5-4-6-16-28)41-25-29-17-9-12-20-32(29)40-44-33-23-21-26-13-7-10-18-30(26)35(33)36-31-19-11-8-14-27(31)22-24-34(36)45-40/h4-25,37H,1-3H3/t37-/m1/s1. The van der Waals surface area contributed by atoms with E-state index >= 15 is 0 Å². The molecule has 6 aromatic carbocycles. The molecule has 220 valence electrons. The Hall–Kier alpha value is -5.36. The topological polar surface area (TPSA) is 57.1 Å². The van der Waals surface area contributed by atoms with Crippen LogP contribution in [0.1, 0.15) is 37.9 Å². The highest BCUT2D eigenvalue weighted by Crippen LogP contribution is 2.47. The first-order chi connectivity index (χ1) is 21.9. The fourth-order valence-electron chi connectivity index (χ4n) is 5.87. The number of benzene rings is 6. The van der Waals surface area contributed by atoms with Crippen LogP contribution >= 0.6 is 0 Å². The van der Waals surface area contributed by atoms with Gasteiger partial charge in [0, 0.05) is 22.8 Å². The summed E-state index contributed by atoms with van der Waals surface area (Å²) in [4.78, 5) is 18.1. The molecule has 7 rings (SSSR count). The summed E-state index contributed by atoms with van der Waals surface area (Å²) in [6.07, 6.45) is 1.72. The van der Waals surface area contributed by atoms with E-state index in [4.69, 9.17) is 19.0 Å². The number of carbonyl (C=O) groups is 1. The number of hydrogen-bond donors (Lipinski definition) is 0. The van der Waals surface area contributed by atoms with Crippen LogP contribution in [0.3, 0.4) is 0 Å². The van der Waals surface area contributed by atoms with Crippen molar-refractivity contribution in [2.24, 2.45) is 4.99 Å². The lowest BCUT2D eigenvalue weighted by Gasteiger charge is -2.22. The number of aliphatic imine (C=N–C) groups is 1. The van der Waals surface area contributed by atoms with E-state index in [1.807, 2.05) is 99.6 Å². The zero-order chi connectivity index (χ0) is 31.0. The van der Waals surface area contributed by atoms with Gasteiger partial charge in [-0.2, -0.15) is 0 Å². The van der Waals surface area contributed by atoms with Gasteiger partial charge in [0.25, 0.3) is 0 Å². The van der Waals surface area contributed by atoms with Crippen molar-refractivity contribution in [3.05, 3.63) is 139 Å². The quantitative estimate of drug-likeness (QED) is 0.115. The Morgan fingerprint density at radius 3 is 1.82 bits per heavy atom. The third-order valence-electron chi connectivity index (χ3n) is 7.86. The molecule has 0 amide bonds. The predicted octanol–water partition coefficient (Wildman–Crippen LogP) is 8.33. The minimum Gasteiger partial charge on any atom is -0.521 e. The van der Waals surface area contributed by atoms with Crippen LogP contribution in [-0.4, -0.2) is 24.9 Å². The lowest BCUT2D eigenvalue weighted by atomic mass is 9.75. The van der Waals surface area contributed by atoms with Gasteiger partial charge in [0.15, 0.2) is 6.04 Å². The predicted molar refractivity (Wildman–Crippen MR) is 183 cm³/mol. The van der Waals surface area contributed by atoms with E-state index in [1.54, 1.807) is 6.21 Å². The molecule has 1 aliphatic heterocycles. The molecule has 0 spiro atoms. The van der Waals surface area contributed by atoms with Crippen molar-refractivity contribution in [3.8, 4) is 22.6 Å². The molecule has 5 nitrogen and oxygen atoms in total. The Morgan fingerprint density at radius 1 is 0.689 bits per heavy atom. The maximum atomic E-state index is 13.3. The fraction of sp³-hybridized carbons (Fsp3) is 0.128. The van der Waals surface area contributed by atoms with Crippen molar-refractivity contribution >= 4 is 46.3 Å². The van der Waals surface area contributed by atoms with E-state index in [2.05, 4.69) is 48.5 Å². The van der Waals surface area contributed by atoms with Gasteiger partial charge in [0.1, 0.15) is 17.1 Å². The molecule has 6 aromatic rings. The Bertz CT molecular complexity index is 1980. The molecular weight excluding hydrogens is 557 g/mol. The minimum absolute atomic E-state index is 0.411. The lowest BCUT2D eigenvalue weighted by molar-refractivity contribution is -0.156. The van der Waals surface area contributed by atoms with Crippen LogP contribution in [-0.2, 0) is 9.53 Å². The molecule has 1 heterocycles. The first kappa shape index (κ1) is 28.4. The van der Waals surface area contributed by atoms with Crippen molar-refractivity contribution in [2.45, 2.75) is 32.4 Å². The zero-order valence-corrected chi connectivity index (χ0v) is 25.4. The molecule has 1 aliphatic rings. The van der Waals surface area contributed by atoms with Crippen molar-refractivity contribution in [1.29, 1.82) is 0 Å². The SMILES string of the molecule is CC(C)(C)OC(=O)[C@H](N=Cc1ccccc1B1Oc2ccc3ccccc3c2-c2c(ccc3ccccc23)O1)c1ccccc1. The largest absolute Gasteiger partial charge is 0.633 e. The summed E-state index contributed by atoms with van der Waals surface area (Å²) in [5, 5.41) is 4.43. The smallest absolute Gasteiger partial charge is 0.521 e. The van der Waals surface area contributed by atoms with Crippen LogP contribution in [0.4, 0.5) is 0 Å². The summed E-state index contributed by atoms with van der Waals surface area (Å²) >= 11 is 0. The molecule has 45 heavy (non-hydrogen) atoms. The molecule has 0 N–H and O–H groups in total. The van der Waals surface area contributed by atoms with Crippen LogP contribution in [0.5, 0.6) is 11.5 Å². The van der Waals surface area contributed by atoms with Crippen LogP contribution in [0.15, 0.2) is 132 Å². The summed E-state index contributed by atoms with van der Waals surface area (Å²) in [6, 6.07) is 41.4. The van der Waals surface area contributed by atoms with Crippen molar-refractivity contribution in [1.82, 2.24) is 0 Å². The molecule has 0 aliphatic carbocycles. The Labute approximate surface area is 263 Å². The normalized spacial score (nSPS) is 13.4. The van der Waals surface area contributed by atoms with Crippen LogP contribution in [0, 0.1) is 0 Å². The zero-order valence-electron chi connectivity index (χ0n) is 25.4. The van der Waals surface area contributed by atoms with Crippen molar-refractivity contribution < 1.29 is 18.8 Å². The molecule has 0 saturated carbocycles. The number of fused-ring (bicyclic) bond motifs is 7. The molecule has 0 fully saturated rings. The van der Waals surface area contributed by atoms with Gasteiger partial charge in [0.05, 0.1) is 0 Å². The Kier molecular flexibility index (Phi) is 7.34. The summed E-state index contributed by atoms with van der Waals surface area (Å²) in [7, 11) is -0.772. The Morgan fingerprint density at radius 2 is 1.22 bits per heavy atom.